The third-order valence-corrected chi connectivity index (χ3v) is 2.56. The van der Waals surface area contributed by atoms with Crippen molar-refractivity contribution < 1.29 is 13.9 Å². The molecule has 0 saturated carbocycles. The van der Waals surface area contributed by atoms with Gasteiger partial charge in [-0.05, 0) is 31.2 Å². The molecular weight excluding hydrogens is 247 g/mol. The summed E-state index contributed by atoms with van der Waals surface area (Å²) in [6, 6.07) is 9.46. The van der Waals surface area contributed by atoms with E-state index in [1.54, 1.807) is 12.1 Å². The molecular formula is C14H13FN2O2. The van der Waals surface area contributed by atoms with E-state index in [9.17, 15) is 9.18 Å². The Bertz CT molecular complexity index is 614. The number of carbonyl (C=O) groups is 1. The number of halogens is 1. The zero-order valence-corrected chi connectivity index (χ0v) is 10.6. The number of nitrogens with zero attached hydrogens (tertiary/aromatic N) is 1. The Hall–Kier alpha value is -2.43. The molecule has 0 unspecified atom stereocenters. The third kappa shape index (κ3) is 3.07. The van der Waals surface area contributed by atoms with Crippen LogP contribution in [0.2, 0.25) is 0 Å². The van der Waals surface area contributed by atoms with E-state index in [1.165, 1.54) is 25.3 Å². The van der Waals surface area contributed by atoms with Gasteiger partial charge in [0.1, 0.15) is 11.6 Å². The van der Waals surface area contributed by atoms with Crippen molar-refractivity contribution in [1.29, 1.82) is 0 Å². The zero-order chi connectivity index (χ0) is 13.8. The lowest BCUT2D eigenvalue weighted by molar-refractivity contribution is 0.102. The maximum atomic E-state index is 12.9. The minimum Gasteiger partial charge on any atom is -0.496 e. The van der Waals surface area contributed by atoms with Crippen LogP contribution in [0.3, 0.4) is 0 Å². The Morgan fingerprint density at radius 1 is 1.32 bits per heavy atom. The fourth-order valence-corrected chi connectivity index (χ4v) is 1.66. The fraction of sp³-hybridized carbons (Fsp3) is 0.143. The normalized spacial score (nSPS) is 10.1. The number of hydrogen-bond donors (Lipinski definition) is 1. The number of rotatable bonds is 3. The van der Waals surface area contributed by atoms with E-state index >= 15 is 0 Å². The van der Waals surface area contributed by atoms with Gasteiger partial charge >= 0.3 is 0 Å². The van der Waals surface area contributed by atoms with Gasteiger partial charge in [-0.1, -0.05) is 17.7 Å². The lowest BCUT2D eigenvalue weighted by Crippen LogP contribution is -2.14. The van der Waals surface area contributed by atoms with Gasteiger partial charge in [-0.15, -0.1) is 0 Å². The Labute approximate surface area is 110 Å². The summed E-state index contributed by atoms with van der Waals surface area (Å²) in [6.07, 6.45) is 0. The number of pyridine rings is 1. The van der Waals surface area contributed by atoms with Crippen molar-refractivity contribution in [3.63, 3.8) is 0 Å². The molecule has 98 valence electrons. The molecule has 1 heterocycles. The van der Waals surface area contributed by atoms with Crippen LogP contribution < -0.4 is 10.1 Å². The Morgan fingerprint density at radius 2 is 2.11 bits per heavy atom. The van der Waals surface area contributed by atoms with Crippen molar-refractivity contribution in [3.8, 4) is 5.75 Å². The Balaban J connectivity index is 2.27. The molecule has 0 radical (unpaired) electrons. The van der Waals surface area contributed by atoms with Crippen molar-refractivity contribution in [3.05, 3.63) is 53.5 Å². The number of benzene rings is 1. The number of nitrogens with one attached hydrogen (secondary N) is 1. The first-order valence-corrected chi connectivity index (χ1v) is 5.68. The molecule has 0 fully saturated rings. The van der Waals surface area contributed by atoms with E-state index in [-0.39, 0.29) is 5.82 Å². The molecule has 1 aromatic carbocycles. The molecule has 0 spiro atoms. The fourth-order valence-electron chi connectivity index (χ4n) is 1.66. The van der Waals surface area contributed by atoms with Crippen LogP contribution in [0.1, 0.15) is 15.9 Å². The summed E-state index contributed by atoms with van der Waals surface area (Å²) in [7, 11) is 1.49. The third-order valence-electron chi connectivity index (χ3n) is 2.56. The number of carbonyl (C=O) groups excluding carboxylic acids is 1. The molecule has 0 aliphatic carbocycles. The standard InChI is InChI=1S/C14H13FN2O2/c1-9-6-7-11(19-2)10(8-9)14(18)17-13-5-3-4-12(15)16-13/h3-8H,1-2H3,(H,16,17,18). The zero-order valence-electron chi connectivity index (χ0n) is 10.6. The number of ether oxygens (including phenoxy) is 1. The second kappa shape index (κ2) is 5.48. The van der Waals surface area contributed by atoms with Gasteiger partial charge in [0.05, 0.1) is 12.7 Å². The number of amides is 1. The van der Waals surface area contributed by atoms with Crippen molar-refractivity contribution in [2.45, 2.75) is 6.92 Å². The highest BCUT2D eigenvalue weighted by molar-refractivity contribution is 6.05. The second-order valence-corrected chi connectivity index (χ2v) is 4.00. The van der Waals surface area contributed by atoms with Crippen molar-refractivity contribution in [2.75, 3.05) is 12.4 Å². The average Bonchev–Trinajstić information content (AvgIpc) is 2.38. The van der Waals surface area contributed by atoms with Gasteiger partial charge in [0.15, 0.2) is 0 Å². The average molecular weight is 260 g/mol. The van der Waals surface area contributed by atoms with Gasteiger partial charge in [-0.25, -0.2) is 4.98 Å². The van der Waals surface area contributed by atoms with Crippen LogP contribution in [-0.4, -0.2) is 18.0 Å². The number of aryl methyl sites for hydroxylation is 1. The first-order chi connectivity index (χ1) is 9.10. The summed E-state index contributed by atoms with van der Waals surface area (Å²) >= 11 is 0. The lowest BCUT2D eigenvalue weighted by Gasteiger charge is -2.09. The molecule has 4 nitrogen and oxygen atoms in total. The predicted octanol–water partition coefficient (Wildman–Crippen LogP) is 2.79. The largest absolute Gasteiger partial charge is 0.496 e. The summed E-state index contributed by atoms with van der Waals surface area (Å²) in [4.78, 5) is 15.7. The molecule has 1 N–H and O–H groups in total. The van der Waals surface area contributed by atoms with Crippen LogP contribution in [0.15, 0.2) is 36.4 Å². The van der Waals surface area contributed by atoms with Crippen LogP contribution in [0.5, 0.6) is 5.75 Å². The monoisotopic (exact) mass is 260 g/mol. The van der Waals surface area contributed by atoms with Gasteiger partial charge in [0, 0.05) is 0 Å². The van der Waals surface area contributed by atoms with E-state index in [0.29, 0.717) is 11.3 Å². The van der Waals surface area contributed by atoms with Crippen molar-refractivity contribution in [2.24, 2.45) is 0 Å². The SMILES string of the molecule is COc1ccc(C)cc1C(=O)Nc1cccc(F)n1. The van der Waals surface area contributed by atoms with Crippen molar-refractivity contribution >= 4 is 11.7 Å². The summed E-state index contributed by atoms with van der Waals surface area (Å²) in [5.74, 6) is -0.416. The van der Waals surface area contributed by atoms with Gasteiger partial charge in [0.2, 0.25) is 5.95 Å². The second-order valence-electron chi connectivity index (χ2n) is 4.00. The van der Waals surface area contributed by atoms with Gasteiger partial charge in [-0.2, -0.15) is 4.39 Å². The number of methoxy groups -OCH3 is 1. The minimum atomic E-state index is -0.644. The maximum Gasteiger partial charge on any atom is 0.260 e. The molecule has 0 atom stereocenters. The smallest absolute Gasteiger partial charge is 0.260 e. The summed E-state index contributed by atoms with van der Waals surface area (Å²) in [6.45, 7) is 1.87. The van der Waals surface area contributed by atoms with Gasteiger partial charge in [-0.3, -0.25) is 4.79 Å². The van der Waals surface area contributed by atoms with Crippen LogP contribution in [-0.2, 0) is 0 Å². The summed E-state index contributed by atoms with van der Waals surface area (Å²) in [5, 5.41) is 2.53. The maximum absolute atomic E-state index is 12.9. The molecule has 19 heavy (non-hydrogen) atoms. The Kier molecular flexibility index (Phi) is 3.75. The molecule has 1 amide bonds. The lowest BCUT2D eigenvalue weighted by atomic mass is 10.1. The molecule has 1 aromatic heterocycles. The van der Waals surface area contributed by atoms with Crippen molar-refractivity contribution in [1.82, 2.24) is 4.98 Å². The van der Waals surface area contributed by atoms with E-state index in [0.717, 1.165) is 5.56 Å². The number of hydrogen-bond acceptors (Lipinski definition) is 3. The van der Waals surface area contributed by atoms with E-state index in [2.05, 4.69) is 10.3 Å². The summed E-state index contributed by atoms with van der Waals surface area (Å²) < 4.78 is 18.1. The highest BCUT2D eigenvalue weighted by atomic mass is 19.1. The highest BCUT2D eigenvalue weighted by Gasteiger charge is 2.13. The van der Waals surface area contributed by atoms with Crippen LogP contribution >= 0.6 is 0 Å². The van der Waals surface area contributed by atoms with Crippen LogP contribution in [0, 0.1) is 12.9 Å². The molecule has 5 heteroatoms. The van der Waals surface area contributed by atoms with Gasteiger partial charge < -0.3 is 10.1 Å². The number of anilines is 1. The minimum absolute atomic E-state index is 0.161. The van der Waals surface area contributed by atoms with E-state index in [1.807, 2.05) is 13.0 Å². The molecule has 0 bridgehead atoms. The first-order valence-electron chi connectivity index (χ1n) is 5.68. The van der Waals surface area contributed by atoms with Crippen LogP contribution in [0.25, 0.3) is 0 Å². The molecule has 2 aromatic rings. The first kappa shape index (κ1) is 13.0. The Morgan fingerprint density at radius 3 is 2.79 bits per heavy atom. The van der Waals surface area contributed by atoms with Crippen LogP contribution in [0.4, 0.5) is 10.2 Å². The molecule has 0 saturated heterocycles. The van der Waals surface area contributed by atoms with E-state index in [4.69, 9.17) is 4.74 Å². The van der Waals surface area contributed by atoms with E-state index < -0.39 is 11.9 Å². The number of aromatic nitrogens is 1. The molecule has 0 aliphatic rings. The molecule has 0 aliphatic heterocycles. The molecule has 2 rings (SSSR count). The quantitative estimate of drug-likeness (QED) is 0.863. The highest BCUT2D eigenvalue weighted by Crippen LogP contribution is 2.20. The summed E-state index contributed by atoms with van der Waals surface area (Å²) in [5.41, 5.74) is 1.31. The topological polar surface area (TPSA) is 51.2 Å². The van der Waals surface area contributed by atoms with Gasteiger partial charge in [0.25, 0.3) is 5.91 Å². The predicted molar refractivity (Wildman–Crippen MR) is 69.9 cm³/mol.